The molecule has 0 saturated carbocycles. The normalized spacial score (nSPS) is 13.4. The lowest BCUT2D eigenvalue weighted by Gasteiger charge is -2.16. The summed E-state index contributed by atoms with van der Waals surface area (Å²) >= 11 is 3.18. The number of allylic oxidation sites excluding steroid dienone is 1. The van der Waals surface area contributed by atoms with Crippen LogP contribution in [0.15, 0.2) is 10.6 Å². The summed E-state index contributed by atoms with van der Waals surface area (Å²) < 4.78 is 22.1. The predicted molar refractivity (Wildman–Crippen MR) is 58.4 cm³/mol. The minimum absolute atomic E-state index is 0.347. The Hall–Kier alpha value is 0.370. The zero-order valence-electron chi connectivity index (χ0n) is 8.25. The number of rotatable bonds is 6. The van der Waals surface area contributed by atoms with E-state index in [-0.39, 0.29) is 0 Å². The van der Waals surface area contributed by atoms with Gasteiger partial charge < -0.3 is 9.05 Å². The van der Waals surface area contributed by atoms with Gasteiger partial charge in [0.05, 0.1) is 19.4 Å². The smallest absolute Gasteiger partial charge is 0.309 e. The topological polar surface area (TPSA) is 35.5 Å². The highest BCUT2D eigenvalue weighted by molar-refractivity contribution is 9.11. The van der Waals surface area contributed by atoms with Gasteiger partial charge in [-0.25, -0.2) is 0 Å². The van der Waals surface area contributed by atoms with Crippen molar-refractivity contribution in [3.63, 3.8) is 0 Å². The third kappa shape index (κ3) is 5.63. The van der Waals surface area contributed by atoms with E-state index in [1.165, 1.54) is 0 Å². The average molecular weight is 271 g/mol. The van der Waals surface area contributed by atoms with Gasteiger partial charge in [-0.2, -0.15) is 0 Å². The molecule has 0 aliphatic heterocycles. The molecule has 0 saturated heterocycles. The number of hydrogen-bond acceptors (Lipinski definition) is 3. The molecule has 0 aromatic carbocycles. The van der Waals surface area contributed by atoms with Gasteiger partial charge >= 0.3 is 7.60 Å². The molecule has 0 aromatic heterocycles. The SMILES string of the molecule is CCOP(=O)(C/C(C)=C\Br)OCC. The van der Waals surface area contributed by atoms with Crippen molar-refractivity contribution < 1.29 is 13.6 Å². The lowest BCUT2D eigenvalue weighted by Crippen LogP contribution is -2.00. The average Bonchev–Trinajstić information content (AvgIpc) is 2.04. The highest BCUT2D eigenvalue weighted by Gasteiger charge is 2.23. The summed E-state index contributed by atoms with van der Waals surface area (Å²) in [5.74, 6) is 0. The molecule has 0 amide bonds. The summed E-state index contributed by atoms with van der Waals surface area (Å²) in [7, 11) is -2.89. The van der Waals surface area contributed by atoms with Gasteiger partial charge in [-0.05, 0) is 25.8 Å². The first-order chi connectivity index (χ1) is 6.08. The Balaban J connectivity index is 4.32. The van der Waals surface area contributed by atoms with E-state index in [4.69, 9.17) is 9.05 Å². The van der Waals surface area contributed by atoms with Gasteiger partial charge in [0.25, 0.3) is 0 Å². The van der Waals surface area contributed by atoms with Crippen LogP contribution in [0.1, 0.15) is 20.8 Å². The maximum Gasteiger partial charge on any atom is 0.334 e. The van der Waals surface area contributed by atoms with E-state index in [2.05, 4.69) is 15.9 Å². The Kier molecular flexibility index (Phi) is 6.96. The predicted octanol–water partition coefficient (Wildman–Crippen LogP) is 3.55. The van der Waals surface area contributed by atoms with E-state index < -0.39 is 7.60 Å². The summed E-state index contributed by atoms with van der Waals surface area (Å²) in [6, 6.07) is 0. The molecule has 3 nitrogen and oxygen atoms in total. The second kappa shape index (κ2) is 6.77. The summed E-state index contributed by atoms with van der Waals surface area (Å²) in [6.07, 6.45) is 0.347. The standard InChI is InChI=1S/C8H16BrO3P/c1-4-11-13(10,12-5-2)7-8(3)6-9/h6H,4-5,7H2,1-3H3/b8-6-. The molecular weight excluding hydrogens is 255 g/mol. The molecule has 0 unspecified atom stereocenters. The van der Waals surface area contributed by atoms with Crippen LogP contribution in [0.2, 0.25) is 0 Å². The quantitative estimate of drug-likeness (QED) is 0.693. The molecule has 5 heteroatoms. The van der Waals surface area contributed by atoms with Crippen molar-refractivity contribution in [2.75, 3.05) is 19.4 Å². The lowest BCUT2D eigenvalue weighted by molar-refractivity contribution is 0.222. The van der Waals surface area contributed by atoms with Crippen LogP contribution >= 0.6 is 23.5 Å². The Labute approximate surface area is 88.2 Å². The first-order valence-electron chi connectivity index (χ1n) is 4.22. The zero-order valence-corrected chi connectivity index (χ0v) is 10.7. The molecule has 0 radical (unpaired) electrons. The van der Waals surface area contributed by atoms with Crippen molar-refractivity contribution in [2.24, 2.45) is 0 Å². The minimum atomic E-state index is -2.89. The van der Waals surface area contributed by atoms with Crippen molar-refractivity contribution in [3.8, 4) is 0 Å². The molecule has 0 spiro atoms. The fraction of sp³-hybridized carbons (Fsp3) is 0.750. The molecular formula is C8H16BrO3P. The van der Waals surface area contributed by atoms with Crippen molar-refractivity contribution in [1.29, 1.82) is 0 Å². The summed E-state index contributed by atoms with van der Waals surface area (Å²) in [6.45, 7) is 6.30. The monoisotopic (exact) mass is 270 g/mol. The van der Waals surface area contributed by atoms with E-state index in [9.17, 15) is 4.57 Å². The summed E-state index contributed by atoms with van der Waals surface area (Å²) in [5.41, 5.74) is 0.949. The largest absolute Gasteiger partial charge is 0.334 e. The molecule has 0 bridgehead atoms. The van der Waals surface area contributed by atoms with Gasteiger partial charge in [-0.3, -0.25) is 4.57 Å². The number of halogens is 1. The molecule has 0 heterocycles. The van der Waals surface area contributed by atoms with E-state index in [1.54, 1.807) is 18.8 Å². The summed E-state index contributed by atoms with van der Waals surface area (Å²) in [4.78, 5) is 1.73. The van der Waals surface area contributed by atoms with Gasteiger partial charge in [0, 0.05) is 0 Å². The molecule has 0 aromatic rings. The van der Waals surface area contributed by atoms with Gasteiger partial charge in [0.1, 0.15) is 0 Å². The first-order valence-corrected chi connectivity index (χ1v) is 6.86. The lowest BCUT2D eigenvalue weighted by atomic mass is 10.4. The Morgan fingerprint density at radius 1 is 1.38 bits per heavy atom. The molecule has 0 fully saturated rings. The molecule has 0 atom stereocenters. The van der Waals surface area contributed by atoms with E-state index in [0.717, 1.165) is 5.57 Å². The van der Waals surface area contributed by atoms with Crippen LogP contribution < -0.4 is 0 Å². The Bertz CT molecular complexity index is 205. The fourth-order valence-electron chi connectivity index (χ4n) is 0.862. The second-order valence-corrected chi connectivity index (χ2v) is 5.07. The van der Waals surface area contributed by atoms with Crippen LogP contribution in [0.4, 0.5) is 0 Å². The molecule has 0 aliphatic carbocycles. The van der Waals surface area contributed by atoms with Gasteiger partial charge in [-0.15, -0.1) is 0 Å². The first kappa shape index (κ1) is 13.4. The van der Waals surface area contributed by atoms with E-state index in [0.29, 0.717) is 19.4 Å². The van der Waals surface area contributed by atoms with Crippen LogP contribution in [0.5, 0.6) is 0 Å². The third-order valence-electron chi connectivity index (χ3n) is 1.28. The molecule has 0 rings (SSSR count). The summed E-state index contributed by atoms with van der Waals surface area (Å²) in [5, 5.41) is 0. The maximum absolute atomic E-state index is 11.9. The second-order valence-electron chi connectivity index (χ2n) is 2.56. The van der Waals surface area contributed by atoms with E-state index in [1.807, 2.05) is 6.92 Å². The molecule has 0 aliphatic rings. The Morgan fingerprint density at radius 2 is 1.85 bits per heavy atom. The minimum Gasteiger partial charge on any atom is -0.309 e. The van der Waals surface area contributed by atoms with Crippen molar-refractivity contribution in [3.05, 3.63) is 10.6 Å². The fourth-order valence-corrected chi connectivity index (χ4v) is 3.02. The van der Waals surface area contributed by atoms with Crippen LogP contribution in [0, 0.1) is 0 Å². The van der Waals surface area contributed by atoms with Crippen LogP contribution in [0.3, 0.4) is 0 Å². The molecule has 13 heavy (non-hydrogen) atoms. The van der Waals surface area contributed by atoms with Crippen molar-refractivity contribution in [1.82, 2.24) is 0 Å². The Morgan fingerprint density at radius 3 is 2.15 bits per heavy atom. The maximum atomic E-state index is 11.9. The van der Waals surface area contributed by atoms with Crippen molar-refractivity contribution >= 4 is 23.5 Å². The van der Waals surface area contributed by atoms with E-state index >= 15 is 0 Å². The number of hydrogen-bond donors (Lipinski definition) is 0. The molecule has 78 valence electrons. The van der Waals surface area contributed by atoms with Gasteiger partial charge in [0.15, 0.2) is 0 Å². The third-order valence-corrected chi connectivity index (χ3v) is 4.25. The van der Waals surface area contributed by atoms with Crippen LogP contribution in [-0.2, 0) is 13.6 Å². The zero-order chi connectivity index (χ0) is 10.3. The van der Waals surface area contributed by atoms with Gasteiger partial charge in [0.2, 0.25) is 0 Å². The highest BCUT2D eigenvalue weighted by Crippen LogP contribution is 2.49. The molecule has 0 N–H and O–H groups in total. The van der Waals surface area contributed by atoms with Crippen LogP contribution in [0.25, 0.3) is 0 Å². The van der Waals surface area contributed by atoms with Crippen molar-refractivity contribution in [2.45, 2.75) is 20.8 Å². The van der Waals surface area contributed by atoms with Gasteiger partial charge in [-0.1, -0.05) is 21.5 Å². The van der Waals surface area contributed by atoms with Crippen LogP contribution in [-0.4, -0.2) is 19.4 Å². The highest BCUT2D eigenvalue weighted by atomic mass is 79.9.